The molecule has 0 aliphatic rings. The minimum absolute atomic E-state index is 0.0849. The van der Waals surface area contributed by atoms with Crippen molar-refractivity contribution in [2.75, 3.05) is 6.54 Å². The van der Waals surface area contributed by atoms with Crippen molar-refractivity contribution in [2.45, 2.75) is 20.0 Å². The Labute approximate surface area is 131 Å². The van der Waals surface area contributed by atoms with Gasteiger partial charge in [-0.25, -0.2) is 9.67 Å². The number of aryl methyl sites for hydroxylation is 1. The maximum Gasteiger partial charge on any atom is 0.253 e. The van der Waals surface area contributed by atoms with E-state index in [1.165, 1.54) is 17.0 Å². The lowest BCUT2D eigenvalue weighted by Crippen LogP contribution is -2.33. The van der Waals surface area contributed by atoms with Gasteiger partial charge in [-0.1, -0.05) is 17.3 Å². The zero-order chi connectivity index (χ0) is 16.2. The molecule has 0 atom stereocenters. The topological polar surface area (TPSA) is 94.7 Å². The number of nitrogens with zero attached hydrogens (tertiary/aromatic N) is 5. The minimum atomic E-state index is -0.186. The van der Waals surface area contributed by atoms with E-state index in [-0.39, 0.29) is 18.0 Å². The summed E-state index contributed by atoms with van der Waals surface area (Å²) in [6.07, 6.45) is 1.48. The van der Waals surface area contributed by atoms with E-state index in [9.17, 15) is 9.59 Å². The maximum absolute atomic E-state index is 12.0. The van der Waals surface area contributed by atoms with Crippen LogP contribution in [0.2, 0.25) is 0 Å². The van der Waals surface area contributed by atoms with Gasteiger partial charge < -0.3 is 5.32 Å². The number of nitrogens with one attached hydrogen (secondary N) is 1. The molecule has 118 valence electrons. The summed E-state index contributed by atoms with van der Waals surface area (Å²) in [5, 5.41) is 10.7. The number of benzene rings is 1. The summed E-state index contributed by atoms with van der Waals surface area (Å²) in [6.45, 7) is 2.56. The lowest BCUT2D eigenvalue weighted by Gasteiger charge is -2.07. The van der Waals surface area contributed by atoms with E-state index in [4.69, 9.17) is 0 Å². The monoisotopic (exact) mass is 312 g/mol. The molecule has 0 bridgehead atoms. The van der Waals surface area contributed by atoms with Crippen LogP contribution in [0.25, 0.3) is 11.0 Å². The lowest BCUT2D eigenvalue weighted by atomic mass is 10.3. The first kappa shape index (κ1) is 14.9. The lowest BCUT2D eigenvalue weighted by molar-refractivity contribution is -0.121. The number of carbonyl (C=O) groups excluding carboxylic acids is 1. The fourth-order valence-corrected chi connectivity index (χ4v) is 2.23. The van der Waals surface area contributed by atoms with Crippen molar-refractivity contribution >= 4 is 16.9 Å². The van der Waals surface area contributed by atoms with Crippen LogP contribution >= 0.6 is 0 Å². The number of hydrogen-bond donors (Lipinski definition) is 1. The third-order valence-corrected chi connectivity index (χ3v) is 3.40. The van der Waals surface area contributed by atoms with Gasteiger partial charge >= 0.3 is 0 Å². The molecule has 1 N–H and O–H groups in total. The van der Waals surface area contributed by atoms with Gasteiger partial charge in [-0.05, 0) is 19.1 Å². The van der Waals surface area contributed by atoms with Crippen molar-refractivity contribution in [2.24, 2.45) is 0 Å². The number of rotatable bonds is 5. The van der Waals surface area contributed by atoms with Gasteiger partial charge in [0, 0.05) is 24.8 Å². The molecular weight excluding hydrogens is 296 g/mol. The van der Waals surface area contributed by atoms with Crippen molar-refractivity contribution in [3.8, 4) is 0 Å². The van der Waals surface area contributed by atoms with Crippen LogP contribution in [0.4, 0.5) is 0 Å². The minimum Gasteiger partial charge on any atom is -0.353 e. The summed E-state index contributed by atoms with van der Waals surface area (Å²) >= 11 is 0. The molecule has 8 heteroatoms. The van der Waals surface area contributed by atoms with E-state index in [2.05, 4.69) is 20.6 Å². The third-order valence-electron chi connectivity index (χ3n) is 3.40. The van der Waals surface area contributed by atoms with E-state index >= 15 is 0 Å². The first-order chi connectivity index (χ1) is 11.1. The van der Waals surface area contributed by atoms with Gasteiger partial charge in [0.1, 0.15) is 12.1 Å². The van der Waals surface area contributed by atoms with Crippen LogP contribution in [0.5, 0.6) is 0 Å². The van der Waals surface area contributed by atoms with E-state index in [0.29, 0.717) is 18.8 Å². The second-order valence-electron chi connectivity index (χ2n) is 5.15. The van der Waals surface area contributed by atoms with Crippen LogP contribution in [0, 0.1) is 6.92 Å². The van der Waals surface area contributed by atoms with Crippen molar-refractivity contribution in [3.05, 3.63) is 52.7 Å². The standard InChI is InChI=1S/C15H16N6O2/c1-11-8-15(23)20(10-17-11)7-6-16-14(22)9-21-13-5-3-2-4-12(13)18-19-21/h2-5,8,10H,6-7,9H2,1H3,(H,16,22). The molecule has 1 aromatic carbocycles. The Morgan fingerprint density at radius 2 is 2.13 bits per heavy atom. The molecule has 8 nitrogen and oxygen atoms in total. The normalized spacial score (nSPS) is 10.8. The molecule has 0 saturated heterocycles. The van der Waals surface area contributed by atoms with Crippen LogP contribution in [-0.4, -0.2) is 37.0 Å². The van der Waals surface area contributed by atoms with Gasteiger partial charge in [0.2, 0.25) is 5.91 Å². The summed E-state index contributed by atoms with van der Waals surface area (Å²) in [6, 6.07) is 8.91. The van der Waals surface area contributed by atoms with Crippen LogP contribution in [0.1, 0.15) is 5.69 Å². The molecule has 2 aromatic heterocycles. The van der Waals surface area contributed by atoms with Crippen LogP contribution in [0.15, 0.2) is 41.5 Å². The molecule has 0 fully saturated rings. The smallest absolute Gasteiger partial charge is 0.253 e. The highest BCUT2D eigenvalue weighted by Gasteiger charge is 2.08. The maximum atomic E-state index is 12.0. The molecule has 0 radical (unpaired) electrons. The molecule has 0 saturated carbocycles. The number of amides is 1. The largest absolute Gasteiger partial charge is 0.353 e. The Hall–Kier alpha value is -3.03. The average molecular weight is 312 g/mol. The summed E-state index contributed by atoms with van der Waals surface area (Å²) < 4.78 is 3.00. The fraction of sp³-hybridized carbons (Fsp3) is 0.267. The molecule has 0 spiro atoms. The first-order valence-corrected chi connectivity index (χ1v) is 7.21. The van der Waals surface area contributed by atoms with Gasteiger partial charge in [0.05, 0.1) is 11.8 Å². The number of fused-ring (bicyclic) bond motifs is 1. The van der Waals surface area contributed by atoms with E-state index < -0.39 is 0 Å². The van der Waals surface area contributed by atoms with Crippen molar-refractivity contribution in [1.82, 2.24) is 29.9 Å². The Bertz CT molecular complexity index is 898. The molecule has 0 aliphatic heterocycles. The fourth-order valence-electron chi connectivity index (χ4n) is 2.23. The second-order valence-corrected chi connectivity index (χ2v) is 5.15. The third kappa shape index (κ3) is 3.42. The van der Waals surface area contributed by atoms with Gasteiger partial charge in [0.15, 0.2) is 0 Å². The molecule has 0 unspecified atom stereocenters. The number of carbonyl (C=O) groups is 1. The van der Waals surface area contributed by atoms with Crippen LogP contribution < -0.4 is 10.9 Å². The van der Waals surface area contributed by atoms with E-state index in [1.54, 1.807) is 11.6 Å². The summed E-state index contributed by atoms with van der Waals surface area (Å²) in [5.74, 6) is -0.186. The van der Waals surface area contributed by atoms with E-state index in [1.807, 2.05) is 24.3 Å². The summed E-state index contributed by atoms with van der Waals surface area (Å²) in [7, 11) is 0. The van der Waals surface area contributed by atoms with Crippen LogP contribution in [0.3, 0.4) is 0 Å². The highest BCUT2D eigenvalue weighted by atomic mass is 16.2. The van der Waals surface area contributed by atoms with Crippen LogP contribution in [-0.2, 0) is 17.9 Å². The molecule has 23 heavy (non-hydrogen) atoms. The van der Waals surface area contributed by atoms with Crippen molar-refractivity contribution in [1.29, 1.82) is 0 Å². The van der Waals surface area contributed by atoms with Gasteiger partial charge in [0.25, 0.3) is 5.56 Å². The number of para-hydroxylation sites is 1. The van der Waals surface area contributed by atoms with Crippen molar-refractivity contribution < 1.29 is 4.79 Å². The predicted octanol–water partition coefficient (Wildman–Crippen LogP) is 0.113. The Morgan fingerprint density at radius 1 is 1.30 bits per heavy atom. The SMILES string of the molecule is Cc1cc(=O)n(CCNC(=O)Cn2nnc3ccccc32)cn1. The highest BCUT2D eigenvalue weighted by molar-refractivity contribution is 5.79. The van der Waals surface area contributed by atoms with Gasteiger partial charge in [-0.3, -0.25) is 14.2 Å². The summed E-state index contributed by atoms with van der Waals surface area (Å²) in [5.41, 5.74) is 2.10. The molecule has 3 rings (SSSR count). The Kier molecular flexibility index (Phi) is 4.13. The molecule has 3 aromatic rings. The quantitative estimate of drug-likeness (QED) is 0.721. The molecule has 2 heterocycles. The zero-order valence-electron chi connectivity index (χ0n) is 12.6. The molecule has 1 amide bonds. The Balaban J connectivity index is 1.56. The van der Waals surface area contributed by atoms with Crippen molar-refractivity contribution in [3.63, 3.8) is 0 Å². The highest BCUT2D eigenvalue weighted by Crippen LogP contribution is 2.08. The van der Waals surface area contributed by atoms with E-state index in [0.717, 1.165) is 11.0 Å². The second kappa shape index (κ2) is 6.39. The zero-order valence-corrected chi connectivity index (χ0v) is 12.6. The average Bonchev–Trinajstić information content (AvgIpc) is 2.93. The number of aromatic nitrogens is 5. The predicted molar refractivity (Wildman–Crippen MR) is 83.8 cm³/mol. The summed E-state index contributed by atoms with van der Waals surface area (Å²) in [4.78, 5) is 27.7. The first-order valence-electron chi connectivity index (χ1n) is 7.21. The Morgan fingerprint density at radius 3 is 2.96 bits per heavy atom. The van der Waals surface area contributed by atoms with Gasteiger partial charge in [-0.15, -0.1) is 5.10 Å². The molecular formula is C15H16N6O2. The number of hydrogen-bond acceptors (Lipinski definition) is 5. The molecule has 0 aliphatic carbocycles. The van der Waals surface area contributed by atoms with Gasteiger partial charge in [-0.2, -0.15) is 0 Å².